The Morgan fingerprint density at radius 3 is 2.29 bits per heavy atom. The normalized spacial score (nSPS) is 18.3. The van der Waals surface area contributed by atoms with Gasteiger partial charge < -0.3 is 24.2 Å². The SMILES string of the molecule is COc1ccc(N2CC(C(=O)N3CCN(C(=O)c4ccc(F)cc4Cl)CC3)CC2=O)cc1OC. The Morgan fingerprint density at radius 2 is 1.65 bits per heavy atom. The molecule has 2 aliphatic rings. The van der Waals surface area contributed by atoms with Gasteiger partial charge in [-0.15, -0.1) is 0 Å². The first-order chi connectivity index (χ1) is 16.3. The third kappa shape index (κ3) is 4.65. The van der Waals surface area contributed by atoms with E-state index in [2.05, 4.69) is 0 Å². The summed E-state index contributed by atoms with van der Waals surface area (Å²) in [5, 5.41) is 0.0585. The van der Waals surface area contributed by atoms with E-state index in [1.165, 1.54) is 26.4 Å². The summed E-state index contributed by atoms with van der Waals surface area (Å²) in [6, 6.07) is 8.87. The van der Waals surface area contributed by atoms with Gasteiger partial charge in [0.25, 0.3) is 5.91 Å². The minimum atomic E-state index is -0.509. The molecule has 0 aliphatic carbocycles. The third-order valence-corrected chi connectivity index (χ3v) is 6.51. The van der Waals surface area contributed by atoms with Crippen molar-refractivity contribution in [3.05, 3.63) is 52.8 Å². The van der Waals surface area contributed by atoms with Gasteiger partial charge in [0.2, 0.25) is 11.8 Å². The highest BCUT2D eigenvalue weighted by molar-refractivity contribution is 6.33. The molecule has 8 nitrogen and oxygen atoms in total. The molecule has 0 saturated carbocycles. The van der Waals surface area contributed by atoms with Gasteiger partial charge in [0.15, 0.2) is 11.5 Å². The number of rotatable bonds is 5. The monoisotopic (exact) mass is 489 g/mol. The summed E-state index contributed by atoms with van der Waals surface area (Å²) < 4.78 is 23.8. The van der Waals surface area contributed by atoms with E-state index in [1.807, 2.05) is 0 Å². The summed E-state index contributed by atoms with van der Waals surface area (Å²) in [6.07, 6.45) is 0.123. The van der Waals surface area contributed by atoms with Crippen molar-refractivity contribution in [2.75, 3.05) is 51.8 Å². The maximum absolute atomic E-state index is 13.3. The molecular weight excluding hydrogens is 465 g/mol. The number of methoxy groups -OCH3 is 2. The van der Waals surface area contributed by atoms with Gasteiger partial charge in [-0.3, -0.25) is 14.4 Å². The molecule has 1 unspecified atom stereocenters. The van der Waals surface area contributed by atoms with Crippen molar-refractivity contribution < 1.29 is 28.2 Å². The largest absolute Gasteiger partial charge is 0.493 e. The summed E-state index contributed by atoms with van der Waals surface area (Å²) in [7, 11) is 3.06. The molecule has 2 aliphatic heterocycles. The van der Waals surface area contributed by atoms with Crippen LogP contribution in [0.5, 0.6) is 11.5 Å². The number of anilines is 1. The Labute approximate surface area is 201 Å². The summed E-state index contributed by atoms with van der Waals surface area (Å²) in [4.78, 5) is 43.4. The molecule has 34 heavy (non-hydrogen) atoms. The van der Waals surface area contributed by atoms with Gasteiger partial charge in [-0.1, -0.05) is 11.6 Å². The number of carbonyl (C=O) groups is 3. The van der Waals surface area contributed by atoms with Crippen LogP contribution in [0.3, 0.4) is 0 Å². The lowest BCUT2D eigenvalue weighted by Gasteiger charge is -2.36. The molecule has 2 aromatic carbocycles. The Hall–Kier alpha value is -3.33. The molecule has 3 amide bonds. The van der Waals surface area contributed by atoms with Gasteiger partial charge in [-0.2, -0.15) is 0 Å². The standard InChI is InChI=1S/C24H25ClFN3O5/c1-33-20-6-4-17(13-21(20)34-2)29-14-15(11-22(29)30)23(31)27-7-9-28(10-8-27)24(32)18-5-3-16(26)12-19(18)25/h3-6,12-13,15H,7-11,14H2,1-2H3. The summed E-state index contributed by atoms with van der Waals surface area (Å²) in [5.74, 6) is -0.453. The number of nitrogens with zero attached hydrogens (tertiary/aromatic N) is 3. The zero-order valence-corrected chi connectivity index (χ0v) is 19.7. The highest BCUT2D eigenvalue weighted by atomic mass is 35.5. The van der Waals surface area contributed by atoms with Crippen molar-refractivity contribution in [2.45, 2.75) is 6.42 Å². The topological polar surface area (TPSA) is 79.4 Å². The van der Waals surface area contributed by atoms with Crippen LogP contribution in [0.2, 0.25) is 5.02 Å². The van der Waals surface area contributed by atoms with Crippen molar-refractivity contribution >= 4 is 35.0 Å². The molecule has 0 bridgehead atoms. The van der Waals surface area contributed by atoms with Gasteiger partial charge >= 0.3 is 0 Å². The number of piperazine rings is 1. The highest BCUT2D eigenvalue weighted by Crippen LogP contribution is 2.34. The molecule has 0 aromatic heterocycles. The number of benzene rings is 2. The predicted molar refractivity (Wildman–Crippen MR) is 124 cm³/mol. The lowest BCUT2D eigenvalue weighted by Crippen LogP contribution is -2.52. The molecule has 0 spiro atoms. The Morgan fingerprint density at radius 1 is 0.971 bits per heavy atom. The molecule has 1 atom stereocenters. The number of carbonyl (C=O) groups excluding carboxylic acids is 3. The fraction of sp³-hybridized carbons (Fsp3) is 0.375. The number of amides is 3. The van der Waals surface area contributed by atoms with Crippen LogP contribution in [0, 0.1) is 11.7 Å². The number of hydrogen-bond donors (Lipinski definition) is 0. The number of hydrogen-bond acceptors (Lipinski definition) is 5. The van der Waals surface area contributed by atoms with Crippen LogP contribution < -0.4 is 14.4 Å². The van der Waals surface area contributed by atoms with Crippen molar-refractivity contribution in [1.29, 1.82) is 0 Å². The van der Waals surface area contributed by atoms with Gasteiger partial charge in [0, 0.05) is 50.9 Å². The Balaban J connectivity index is 1.37. The van der Waals surface area contributed by atoms with Crippen LogP contribution in [0.25, 0.3) is 0 Å². The molecule has 2 heterocycles. The summed E-state index contributed by atoms with van der Waals surface area (Å²) in [5.41, 5.74) is 0.874. The van der Waals surface area contributed by atoms with Crippen molar-refractivity contribution in [2.24, 2.45) is 5.92 Å². The number of halogens is 2. The van der Waals surface area contributed by atoms with Crippen LogP contribution in [-0.4, -0.2) is 74.5 Å². The van der Waals surface area contributed by atoms with Crippen LogP contribution in [0.1, 0.15) is 16.8 Å². The summed E-state index contributed by atoms with van der Waals surface area (Å²) >= 11 is 6.02. The Kier molecular flexibility index (Phi) is 6.92. The van der Waals surface area contributed by atoms with E-state index in [1.54, 1.807) is 32.9 Å². The van der Waals surface area contributed by atoms with Gasteiger partial charge in [-0.25, -0.2) is 4.39 Å². The van der Waals surface area contributed by atoms with Crippen LogP contribution >= 0.6 is 11.6 Å². The Bertz CT molecular complexity index is 1120. The fourth-order valence-electron chi connectivity index (χ4n) is 4.34. The van der Waals surface area contributed by atoms with Gasteiger partial charge in [0.05, 0.1) is 30.7 Å². The molecule has 0 N–H and O–H groups in total. The molecule has 2 saturated heterocycles. The fourth-order valence-corrected chi connectivity index (χ4v) is 4.58. The van der Waals surface area contributed by atoms with E-state index in [-0.39, 0.29) is 41.3 Å². The molecule has 2 fully saturated rings. The first-order valence-electron chi connectivity index (χ1n) is 10.9. The van der Waals surface area contributed by atoms with E-state index >= 15 is 0 Å². The predicted octanol–water partition coefficient (Wildman–Crippen LogP) is 2.83. The zero-order valence-electron chi connectivity index (χ0n) is 18.9. The zero-order chi connectivity index (χ0) is 24.4. The molecule has 4 rings (SSSR count). The van der Waals surface area contributed by atoms with Crippen molar-refractivity contribution in [3.63, 3.8) is 0 Å². The lowest BCUT2D eigenvalue weighted by atomic mass is 10.1. The van der Waals surface area contributed by atoms with Crippen LogP contribution in [0.4, 0.5) is 10.1 Å². The maximum Gasteiger partial charge on any atom is 0.255 e. The van der Waals surface area contributed by atoms with Gasteiger partial charge in [0.1, 0.15) is 5.82 Å². The smallest absolute Gasteiger partial charge is 0.255 e. The van der Waals surface area contributed by atoms with E-state index < -0.39 is 11.7 Å². The average molecular weight is 490 g/mol. The first-order valence-corrected chi connectivity index (χ1v) is 11.3. The second-order valence-electron chi connectivity index (χ2n) is 8.19. The second kappa shape index (κ2) is 9.89. The van der Waals surface area contributed by atoms with E-state index in [4.69, 9.17) is 21.1 Å². The van der Waals surface area contributed by atoms with Crippen LogP contribution in [0.15, 0.2) is 36.4 Å². The molecule has 2 aromatic rings. The highest BCUT2D eigenvalue weighted by Gasteiger charge is 2.38. The van der Waals surface area contributed by atoms with E-state index in [9.17, 15) is 18.8 Å². The minimum Gasteiger partial charge on any atom is -0.493 e. The lowest BCUT2D eigenvalue weighted by molar-refractivity contribution is -0.137. The first kappa shape index (κ1) is 23.8. The van der Waals surface area contributed by atoms with E-state index in [0.29, 0.717) is 43.4 Å². The quantitative estimate of drug-likeness (QED) is 0.645. The minimum absolute atomic E-state index is 0.0585. The molecule has 0 radical (unpaired) electrons. The van der Waals surface area contributed by atoms with Crippen LogP contribution in [-0.2, 0) is 9.59 Å². The molecule has 180 valence electrons. The van der Waals surface area contributed by atoms with Crippen molar-refractivity contribution in [1.82, 2.24) is 9.80 Å². The van der Waals surface area contributed by atoms with Crippen molar-refractivity contribution in [3.8, 4) is 11.5 Å². The third-order valence-electron chi connectivity index (χ3n) is 6.19. The average Bonchev–Trinajstić information content (AvgIpc) is 3.24. The summed E-state index contributed by atoms with van der Waals surface area (Å²) in [6.45, 7) is 1.64. The molecular formula is C24H25ClFN3O5. The number of ether oxygens (including phenoxy) is 2. The van der Waals surface area contributed by atoms with Gasteiger partial charge in [-0.05, 0) is 30.3 Å². The molecule has 10 heteroatoms. The van der Waals surface area contributed by atoms with E-state index in [0.717, 1.165) is 6.07 Å². The second-order valence-corrected chi connectivity index (χ2v) is 8.59. The maximum atomic E-state index is 13.3.